The molecule has 0 spiro atoms. The Bertz CT molecular complexity index is 626. The second kappa shape index (κ2) is 6.37. The third-order valence-corrected chi connectivity index (χ3v) is 5.67. The first kappa shape index (κ1) is 17.0. The van der Waals surface area contributed by atoms with E-state index in [1.807, 2.05) is 13.8 Å². The van der Waals surface area contributed by atoms with Crippen molar-refractivity contribution in [3.8, 4) is 0 Å². The van der Waals surface area contributed by atoms with Gasteiger partial charge >= 0.3 is 0 Å². The number of likely N-dealkylation sites (tertiary alicyclic amines) is 1. The molecule has 2 rings (SSSR count). The van der Waals surface area contributed by atoms with Crippen molar-refractivity contribution in [2.45, 2.75) is 51.5 Å². The number of carbonyl (C=O) groups is 1. The molecule has 2 N–H and O–H groups in total. The van der Waals surface area contributed by atoms with Crippen molar-refractivity contribution in [2.24, 2.45) is 5.92 Å². The predicted molar refractivity (Wildman–Crippen MR) is 82.8 cm³/mol. The van der Waals surface area contributed by atoms with E-state index in [9.17, 15) is 13.2 Å². The van der Waals surface area contributed by atoms with Crippen LogP contribution in [0.15, 0.2) is 4.90 Å². The Kier molecular flexibility index (Phi) is 4.91. The third kappa shape index (κ3) is 3.33. The van der Waals surface area contributed by atoms with Crippen LogP contribution >= 0.6 is 0 Å². The number of aromatic amines is 1. The van der Waals surface area contributed by atoms with Gasteiger partial charge in [0.25, 0.3) is 0 Å². The summed E-state index contributed by atoms with van der Waals surface area (Å²) in [5, 5.41) is 6.58. The van der Waals surface area contributed by atoms with Crippen LogP contribution in [0.2, 0.25) is 0 Å². The quantitative estimate of drug-likeness (QED) is 0.841. The summed E-state index contributed by atoms with van der Waals surface area (Å²) in [6, 6.07) is -0.753. The zero-order chi connectivity index (χ0) is 16.5. The van der Waals surface area contributed by atoms with Gasteiger partial charge in [0.15, 0.2) is 0 Å². The maximum Gasteiger partial charge on any atom is 0.244 e. The molecule has 22 heavy (non-hydrogen) atoms. The molecule has 1 saturated heterocycles. The minimum atomic E-state index is -3.79. The molecule has 0 radical (unpaired) electrons. The molecule has 8 heteroatoms. The molecule has 1 amide bonds. The molecule has 1 aromatic heterocycles. The molecule has 0 aromatic carbocycles. The van der Waals surface area contributed by atoms with Gasteiger partial charge in [-0.2, -0.15) is 9.82 Å². The first-order valence-electron chi connectivity index (χ1n) is 7.56. The van der Waals surface area contributed by atoms with Crippen LogP contribution in [0.5, 0.6) is 0 Å². The van der Waals surface area contributed by atoms with E-state index in [0.29, 0.717) is 24.5 Å². The van der Waals surface area contributed by atoms with E-state index in [0.717, 1.165) is 12.8 Å². The van der Waals surface area contributed by atoms with Gasteiger partial charge in [0.1, 0.15) is 10.9 Å². The SMILES string of the molecule is Cc1n[nH]c(C)c1S(=O)(=O)N[C@H](C(=O)N1CCCC1)C(C)C. The summed E-state index contributed by atoms with van der Waals surface area (Å²) in [4.78, 5) is 14.4. The first-order valence-corrected chi connectivity index (χ1v) is 9.05. The lowest BCUT2D eigenvalue weighted by atomic mass is 10.0. The molecular weight excluding hydrogens is 304 g/mol. The number of amides is 1. The highest BCUT2D eigenvalue weighted by Crippen LogP contribution is 2.19. The number of sulfonamides is 1. The summed E-state index contributed by atoms with van der Waals surface area (Å²) < 4.78 is 27.8. The second-order valence-corrected chi connectivity index (χ2v) is 7.79. The molecular formula is C14H24N4O3S. The monoisotopic (exact) mass is 328 g/mol. The van der Waals surface area contributed by atoms with Gasteiger partial charge in [-0.15, -0.1) is 0 Å². The van der Waals surface area contributed by atoms with Crippen molar-refractivity contribution >= 4 is 15.9 Å². The van der Waals surface area contributed by atoms with Gasteiger partial charge in [0.05, 0.1) is 11.4 Å². The van der Waals surface area contributed by atoms with Gasteiger partial charge in [0.2, 0.25) is 15.9 Å². The molecule has 0 saturated carbocycles. The lowest BCUT2D eigenvalue weighted by Crippen LogP contribution is -2.50. The van der Waals surface area contributed by atoms with Crippen LogP contribution in [0.3, 0.4) is 0 Å². The van der Waals surface area contributed by atoms with Gasteiger partial charge in [-0.3, -0.25) is 9.89 Å². The highest BCUT2D eigenvalue weighted by Gasteiger charge is 2.34. The molecule has 0 unspecified atom stereocenters. The van der Waals surface area contributed by atoms with E-state index in [2.05, 4.69) is 14.9 Å². The Hall–Kier alpha value is -1.41. The molecule has 1 aliphatic heterocycles. The molecule has 7 nitrogen and oxygen atoms in total. The van der Waals surface area contributed by atoms with Crippen molar-refractivity contribution in [3.05, 3.63) is 11.4 Å². The summed E-state index contributed by atoms with van der Waals surface area (Å²) in [6.07, 6.45) is 1.95. The number of nitrogens with one attached hydrogen (secondary N) is 2. The topological polar surface area (TPSA) is 95.2 Å². The first-order chi connectivity index (χ1) is 10.2. The maximum atomic E-state index is 12.6. The number of hydrogen-bond donors (Lipinski definition) is 2. The number of aromatic nitrogens is 2. The summed E-state index contributed by atoms with van der Waals surface area (Å²) in [5.74, 6) is -0.273. The average molecular weight is 328 g/mol. The zero-order valence-corrected chi connectivity index (χ0v) is 14.3. The molecule has 1 atom stereocenters. The lowest BCUT2D eigenvalue weighted by Gasteiger charge is -2.26. The van der Waals surface area contributed by atoms with E-state index < -0.39 is 16.1 Å². The number of H-pyrrole nitrogens is 1. The van der Waals surface area contributed by atoms with Crippen LogP contribution in [-0.4, -0.2) is 48.6 Å². The van der Waals surface area contributed by atoms with Crippen LogP contribution in [0.1, 0.15) is 38.1 Å². The smallest absolute Gasteiger partial charge is 0.244 e. The highest BCUT2D eigenvalue weighted by molar-refractivity contribution is 7.89. The molecule has 0 aliphatic carbocycles. The molecule has 124 valence electrons. The maximum absolute atomic E-state index is 12.6. The Morgan fingerprint density at radius 2 is 1.86 bits per heavy atom. The molecule has 1 aliphatic rings. The average Bonchev–Trinajstić information content (AvgIpc) is 3.05. The molecule has 0 bridgehead atoms. The van der Waals surface area contributed by atoms with Crippen molar-refractivity contribution < 1.29 is 13.2 Å². The van der Waals surface area contributed by atoms with Crippen LogP contribution in [-0.2, 0) is 14.8 Å². The number of aryl methyl sites for hydroxylation is 2. The van der Waals surface area contributed by atoms with Gasteiger partial charge in [-0.05, 0) is 32.6 Å². The van der Waals surface area contributed by atoms with E-state index in [-0.39, 0.29) is 16.7 Å². The fourth-order valence-corrected chi connectivity index (χ4v) is 4.48. The van der Waals surface area contributed by atoms with Gasteiger partial charge < -0.3 is 4.90 Å². The van der Waals surface area contributed by atoms with E-state index in [4.69, 9.17) is 0 Å². The number of hydrogen-bond acceptors (Lipinski definition) is 4. The van der Waals surface area contributed by atoms with Gasteiger partial charge in [-0.25, -0.2) is 8.42 Å². The number of nitrogens with zero attached hydrogens (tertiary/aromatic N) is 2. The standard InChI is InChI=1S/C14H24N4O3S/c1-9(2)12(14(19)18-7-5-6-8-18)17-22(20,21)13-10(3)15-16-11(13)4/h9,12,17H,5-8H2,1-4H3,(H,15,16)/t12-/m0/s1. The fraction of sp³-hybridized carbons (Fsp3) is 0.714. The molecule has 2 heterocycles. The summed E-state index contributed by atoms with van der Waals surface area (Å²) >= 11 is 0. The lowest BCUT2D eigenvalue weighted by molar-refractivity contribution is -0.132. The fourth-order valence-electron chi connectivity index (χ4n) is 2.77. The summed E-state index contributed by atoms with van der Waals surface area (Å²) in [7, 11) is -3.79. The van der Waals surface area contributed by atoms with E-state index >= 15 is 0 Å². The Morgan fingerprint density at radius 3 is 2.32 bits per heavy atom. The number of rotatable bonds is 5. The largest absolute Gasteiger partial charge is 0.341 e. The highest BCUT2D eigenvalue weighted by atomic mass is 32.2. The van der Waals surface area contributed by atoms with Crippen molar-refractivity contribution in [3.63, 3.8) is 0 Å². The summed E-state index contributed by atoms with van der Waals surface area (Å²) in [6.45, 7) is 8.37. The molecule has 1 fully saturated rings. The van der Waals surface area contributed by atoms with Gasteiger partial charge in [-0.1, -0.05) is 13.8 Å². The third-order valence-electron chi connectivity index (χ3n) is 3.96. The Labute approximate surface area is 131 Å². The van der Waals surface area contributed by atoms with Gasteiger partial charge in [0, 0.05) is 13.1 Å². The number of carbonyl (C=O) groups excluding carboxylic acids is 1. The van der Waals surface area contributed by atoms with Crippen molar-refractivity contribution in [2.75, 3.05) is 13.1 Å². The van der Waals surface area contributed by atoms with Crippen molar-refractivity contribution in [1.82, 2.24) is 19.8 Å². The molecule has 1 aromatic rings. The zero-order valence-electron chi connectivity index (χ0n) is 13.5. The van der Waals surface area contributed by atoms with E-state index in [1.165, 1.54) is 0 Å². The Morgan fingerprint density at radius 1 is 1.27 bits per heavy atom. The predicted octanol–water partition coefficient (Wildman–Crippen LogP) is 0.952. The minimum Gasteiger partial charge on any atom is -0.341 e. The normalized spacial score (nSPS) is 17.2. The minimum absolute atomic E-state index is 0.129. The van der Waals surface area contributed by atoms with Crippen LogP contribution in [0, 0.1) is 19.8 Å². The van der Waals surface area contributed by atoms with Crippen molar-refractivity contribution in [1.29, 1.82) is 0 Å². The van der Waals surface area contributed by atoms with Crippen LogP contribution in [0.25, 0.3) is 0 Å². The van der Waals surface area contributed by atoms with E-state index in [1.54, 1.807) is 18.7 Å². The second-order valence-electron chi connectivity index (χ2n) is 6.14. The Balaban J connectivity index is 2.25. The summed E-state index contributed by atoms with van der Waals surface area (Å²) in [5.41, 5.74) is 0.877. The van der Waals surface area contributed by atoms with Crippen LogP contribution in [0.4, 0.5) is 0 Å². The van der Waals surface area contributed by atoms with Crippen LogP contribution < -0.4 is 4.72 Å².